The highest BCUT2D eigenvalue weighted by molar-refractivity contribution is 5.95. The number of fused-ring (bicyclic) bond motifs is 1. The summed E-state index contributed by atoms with van der Waals surface area (Å²) in [5.74, 6) is 1.69. The number of carbonyl (C=O) groups excluding carboxylic acids is 1. The maximum absolute atomic E-state index is 12.7. The van der Waals surface area contributed by atoms with Gasteiger partial charge in [0.15, 0.2) is 0 Å². The predicted molar refractivity (Wildman–Crippen MR) is 73.1 cm³/mol. The zero-order valence-corrected chi connectivity index (χ0v) is 11.9. The van der Waals surface area contributed by atoms with Gasteiger partial charge in [0.2, 0.25) is 5.91 Å². The summed E-state index contributed by atoms with van der Waals surface area (Å²) in [5, 5.41) is 0. The normalized spacial score (nSPS) is 37.8. The highest BCUT2D eigenvalue weighted by atomic mass is 16.2. The molecular weight excluding hydrogens is 222 g/mol. The summed E-state index contributed by atoms with van der Waals surface area (Å²) < 4.78 is 0. The van der Waals surface area contributed by atoms with Crippen molar-refractivity contribution in [3.8, 4) is 0 Å². The molecule has 1 saturated carbocycles. The van der Waals surface area contributed by atoms with Crippen molar-refractivity contribution in [3.63, 3.8) is 0 Å². The number of carbonyl (C=O) groups is 1. The van der Waals surface area contributed by atoms with Crippen molar-refractivity contribution in [3.05, 3.63) is 11.6 Å². The number of allylic oxidation sites excluding steroid dienone is 1. The quantitative estimate of drug-likeness (QED) is 0.695. The Kier molecular flexibility index (Phi) is 2.80. The third-order valence-corrected chi connectivity index (χ3v) is 5.78. The molecule has 4 aliphatic rings. The van der Waals surface area contributed by atoms with Crippen LogP contribution in [-0.4, -0.2) is 23.4 Å². The van der Waals surface area contributed by atoms with Gasteiger partial charge >= 0.3 is 0 Å². The minimum atomic E-state index is 0.346. The Morgan fingerprint density at radius 2 is 2.17 bits per heavy atom. The van der Waals surface area contributed by atoms with E-state index >= 15 is 0 Å². The van der Waals surface area contributed by atoms with Gasteiger partial charge in [-0.2, -0.15) is 0 Å². The number of rotatable bonds is 1. The second kappa shape index (κ2) is 4.11. The summed E-state index contributed by atoms with van der Waals surface area (Å²) >= 11 is 0. The van der Waals surface area contributed by atoms with Crippen LogP contribution in [0.3, 0.4) is 0 Å². The van der Waals surface area contributed by atoms with E-state index in [1.54, 1.807) is 0 Å². The van der Waals surface area contributed by atoms with Crippen LogP contribution in [0.4, 0.5) is 0 Å². The maximum Gasteiger partial charge on any atom is 0.249 e. The van der Waals surface area contributed by atoms with Gasteiger partial charge in [-0.25, -0.2) is 0 Å². The van der Waals surface area contributed by atoms with E-state index in [1.807, 2.05) is 0 Å². The molecular formula is C16H25NO. The minimum absolute atomic E-state index is 0.346. The van der Waals surface area contributed by atoms with Crippen LogP contribution >= 0.6 is 0 Å². The fourth-order valence-corrected chi connectivity index (χ4v) is 4.16. The predicted octanol–water partition coefficient (Wildman–Crippen LogP) is 3.38. The van der Waals surface area contributed by atoms with Gasteiger partial charge < -0.3 is 4.90 Å². The average Bonchev–Trinajstić information content (AvgIpc) is 2.38. The lowest BCUT2D eigenvalue weighted by atomic mass is 9.48. The third-order valence-electron chi connectivity index (χ3n) is 5.78. The second-order valence-corrected chi connectivity index (χ2v) is 7.05. The summed E-state index contributed by atoms with van der Waals surface area (Å²) in [5.41, 5.74) is 1.50. The summed E-state index contributed by atoms with van der Waals surface area (Å²) in [6, 6.07) is 0.438. The molecule has 2 nitrogen and oxygen atoms in total. The molecule has 1 saturated heterocycles. The van der Waals surface area contributed by atoms with Crippen LogP contribution in [-0.2, 0) is 4.79 Å². The van der Waals surface area contributed by atoms with E-state index in [1.165, 1.54) is 25.7 Å². The molecule has 2 heteroatoms. The van der Waals surface area contributed by atoms with Crippen LogP contribution in [0, 0.1) is 17.3 Å². The van der Waals surface area contributed by atoms with E-state index in [-0.39, 0.29) is 0 Å². The van der Waals surface area contributed by atoms with Gasteiger partial charge in [0.05, 0.1) is 0 Å². The Balaban J connectivity index is 1.79. The Morgan fingerprint density at radius 3 is 2.78 bits per heavy atom. The van der Waals surface area contributed by atoms with E-state index in [0.29, 0.717) is 23.3 Å². The lowest BCUT2D eigenvalue weighted by molar-refractivity contribution is -0.134. The monoisotopic (exact) mass is 247 g/mol. The molecule has 2 fully saturated rings. The van der Waals surface area contributed by atoms with Crippen molar-refractivity contribution in [2.24, 2.45) is 17.3 Å². The molecule has 0 radical (unpaired) electrons. The second-order valence-electron chi connectivity index (χ2n) is 7.05. The molecule has 1 heterocycles. The Bertz CT molecular complexity index is 396. The van der Waals surface area contributed by atoms with Gasteiger partial charge in [0.25, 0.3) is 0 Å². The summed E-state index contributed by atoms with van der Waals surface area (Å²) in [7, 11) is 0. The van der Waals surface area contributed by atoms with Crippen molar-refractivity contribution in [2.75, 3.05) is 6.54 Å². The maximum atomic E-state index is 12.7. The largest absolute Gasteiger partial charge is 0.336 e. The van der Waals surface area contributed by atoms with E-state index in [2.05, 4.69) is 31.7 Å². The molecule has 3 aliphatic carbocycles. The molecule has 18 heavy (non-hydrogen) atoms. The SMILES string of the molecule is CC1CCCCN1C(=O)C1=CCC2CC1C2(C)C. The molecule has 4 rings (SSSR count). The highest BCUT2D eigenvalue weighted by Crippen LogP contribution is 2.59. The molecule has 0 spiro atoms. The fourth-order valence-electron chi connectivity index (χ4n) is 4.16. The van der Waals surface area contributed by atoms with E-state index in [4.69, 9.17) is 0 Å². The van der Waals surface area contributed by atoms with Gasteiger partial charge in [-0.05, 0) is 56.3 Å². The number of hydrogen-bond donors (Lipinski definition) is 0. The van der Waals surface area contributed by atoms with Crippen LogP contribution in [0.15, 0.2) is 11.6 Å². The van der Waals surface area contributed by atoms with Gasteiger partial charge in [-0.3, -0.25) is 4.79 Å². The lowest BCUT2D eigenvalue weighted by Crippen LogP contribution is -2.52. The molecule has 100 valence electrons. The third kappa shape index (κ3) is 1.64. The Morgan fingerprint density at radius 1 is 1.39 bits per heavy atom. The van der Waals surface area contributed by atoms with Gasteiger partial charge in [0, 0.05) is 18.2 Å². The Labute approximate surface area is 110 Å². The molecule has 0 N–H and O–H groups in total. The fraction of sp³-hybridized carbons (Fsp3) is 0.812. The van der Waals surface area contributed by atoms with Crippen LogP contribution in [0.2, 0.25) is 0 Å². The molecule has 3 atom stereocenters. The van der Waals surface area contributed by atoms with Crippen LogP contribution in [0.5, 0.6) is 0 Å². The van der Waals surface area contributed by atoms with E-state index in [9.17, 15) is 4.79 Å². The van der Waals surface area contributed by atoms with Crippen molar-refractivity contribution >= 4 is 5.91 Å². The number of piperidine rings is 1. The zero-order chi connectivity index (χ0) is 12.9. The number of likely N-dealkylation sites (tertiary alicyclic amines) is 1. The topological polar surface area (TPSA) is 20.3 Å². The lowest BCUT2D eigenvalue weighted by Gasteiger charge is -2.56. The van der Waals surface area contributed by atoms with Gasteiger partial charge in [-0.15, -0.1) is 0 Å². The number of amides is 1. The molecule has 2 bridgehead atoms. The zero-order valence-electron chi connectivity index (χ0n) is 11.9. The first-order valence-electron chi connectivity index (χ1n) is 7.53. The number of hydrogen-bond acceptors (Lipinski definition) is 1. The van der Waals surface area contributed by atoms with Crippen molar-refractivity contribution in [1.82, 2.24) is 4.90 Å². The molecule has 3 unspecified atom stereocenters. The minimum Gasteiger partial charge on any atom is -0.336 e. The van der Waals surface area contributed by atoms with Crippen molar-refractivity contribution in [1.29, 1.82) is 0 Å². The molecule has 0 aromatic heterocycles. The average molecular weight is 247 g/mol. The molecule has 1 aliphatic heterocycles. The van der Waals surface area contributed by atoms with Crippen LogP contribution in [0.1, 0.15) is 52.9 Å². The van der Waals surface area contributed by atoms with Crippen molar-refractivity contribution < 1.29 is 4.79 Å². The molecule has 0 aromatic rings. The standard InChI is InChI=1S/C16H25NO/c1-11-6-4-5-9-17(11)15(18)13-8-7-12-10-14(13)16(12,2)3/h8,11-12,14H,4-7,9-10H2,1-3H3. The molecule has 0 aromatic carbocycles. The summed E-state index contributed by atoms with van der Waals surface area (Å²) in [4.78, 5) is 14.9. The van der Waals surface area contributed by atoms with Crippen molar-refractivity contribution in [2.45, 2.75) is 58.9 Å². The number of nitrogens with zero attached hydrogens (tertiary/aromatic N) is 1. The smallest absolute Gasteiger partial charge is 0.249 e. The summed E-state index contributed by atoms with van der Waals surface area (Å²) in [6.07, 6.45) is 8.24. The van der Waals surface area contributed by atoms with Gasteiger partial charge in [-0.1, -0.05) is 19.9 Å². The first-order valence-corrected chi connectivity index (χ1v) is 7.53. The van der Waals surface area contributed by atoms with Gasteiger partial charge in [0.1, 0.15) is 0 Å². The van der Waals surface area contributed by atoms with Crippen LogP contribution < -0.4 is 0 Å². The summed E-state index contributed by atoms with van der Waals surface area (Å²) in [6.45, 7) is 7.85. The molecule has 1 amide bonds. The van der Waals surface area contributed by atoms with E-state index < -0.39 is 0 Å². The first kappa shape index (κ1) is 12.3. The first-order chi connectivity index (χ1) is 8.51. The Hall–Kier alpha value is -0.790. The van der Waals surface area contributed by atoms with E-state index in [0.717, 1.165) is 24.5 Å². The highest BCUT2D eigenvalue weighted by Gasteiger charge is 2.53. The van der Waals surface area contributed by atoms with Crippen LogP contribution in [0.25, 0.3) is 0 Å².